The molecule has 0 N–H and O–H groups in total. The maximum Gasteiger partial charge on any atom is 0.252 e. The molecule has 4 unspecified atom stereocenters. The van der Waals surface area contributed by atoms with Gasteiger partial charge in [-0.05, 0) is 162 Å². The zero-order chi connectivity index (χ0) is 47.3. The van der Waals surface area contributed by atoms with Crippen molar-refractivity contribution < 1.29 is 0 Å². The molecule has 8 aromatic carbocycles. The fourth-order valence-electron chi connectivity index (χ4n) is 15.6. The monoisotopic (exact) mass is 908 g/mol. The predicted octanol–water partition coefficient (Wildman–Crippen LogP) is 15.4. The molecule has 14 rings (SSSR count). The molecule has 3 nitrogen and oxygen atoms in total. The first-order valence-electron chi connectivity index (χ1n) is 26.3. The van der Waals surface area contributed by atoms with E-state index in [4.69, 9.17) is 0 Å². The molecule has 0 amide bonds. The molecule has 70 heavy (non-hydrogen) atoms. The molecule has 6 aliphatic rings. The van der Waals surface area contributed by atoms with Crippen molar-refractivity contribution >= 4 is 62.9 Å². The summed E-state index contributed by atoms with van der Waals surface area (Å²) in [6, 6.07) is 65.1. The average molecular weight is 908 g/mol. The Morgan fingerprint density at radius 2 is 0.957 bits per heavy atom. The molecule has 2 saturated carbocycles. The van der Waals surface area contributed by atoms with Gasteiger partial charge in [-0.1, -0.05) is 172 Å². The van der Waals surface area contributed by atoms with Gasteiger partial charge in [-0.2, -0.15) is 0 Å². The van der Waals surface area contributed by atoms with Crippen LogP contribution in [0.15, 0.2) is 170 Å². The van der Waals surface area contributed by atoms with Crippen LogP contribution in [0.1, 0.15) is 101 Å². The molecule has 4 heteroatoms. The van der Waals surface area contributed by atoms with Crippen LogP contribution in [0.2, 0.25) is 0 Å². The largest absolute Gasteiger partial charge is 0.335 e. The molecule has 4 heterocycles. The zero-order valence-electron chi connectivity index (χ0n) is 41.7. The quantitative estimate of drug-likeness (QED) is 0.159. The lowest BCUT2D eigenvalue weighted by Crippen LogP contribution is -2.65. The molecule has 0 saturated heterocycles. The molecule has 8 aromatic rings. The minimum Gasteiger partial charge on any atom is -0.335 e. The van der Waals surface area contributed by atoms with E-state index in [9.17, 15) is 0 Å². The van der Waals surface area contributed by atoms with Crippen molar-refractivity contribution in [2.45, 2.75) is 115 Å². The standard InChI is InChI=1S/C66H62BN3/c1-43-37-44(2)60-62-59(43)64(4)34-17-19-36-66(64,6)70(62)58-42-52(69-55-32-30-49(46-23-12-8-13-24-46)39-53(55)63(3)33-16-18-35-65(63,69)5)41-57-61(58)67(60)54-31-29-50(47-25-14-9-15-26-47)40-56(54)68(57)51-28-20-27-48(38-51)45-21-10-7-11-22-45/h7-15,20-32,37-42H,16-19,33-36H2,1-6H3. The van der Waals surface area contributed by atoms with E-state index in [1.807, 2.05) is 0 Å². The number of anilines is 7. The molecule has 0 spiro atoms. The van der Waals surface area contributed by atoms with Crippen LogP contribution in [0.5, 0.6) is 0 Å². The van der Waals surface area contributed by atoms with Gasteiger partial charge < -0.3 is 14.7 Å². The first-order chi connectivity index (χ1) is 34.0. The van der Waals surface area contributed by atoms with E-state index in [0.717, 1.165) is 6.42 Å². The van der Waals surface area contributed by atoms with Crippen molar-refractivity contribution in [1.29, 1.82) is 0 Å². The van der Waals surface area contributed by atoms with Gasteiger partial charge in [0.15, 0.2) is 0 Å². The first-order valence-corrected chi connectivity index (χ1v) is 26.3. The van der Waals surface area contributed by atoms with E-state index in [1.165, 1.54) is 151 Å². The second-order valence-corrected chi connectivity index (χ2v) is 22.8. The molecule has 4 atom stereocenters. The van der Waals surface area contributed by atoms with Gasteiger partial charge in [-0.15, -0.1) is 0 Å². The SMILES string of the molecule is Cc1cc(C)c2c3c1B1c4ccc(-c5ccccc5)cc4N(c4cccc(-c5ccccc5)c4)c4cc(N5c6ccc(-c7ccccc7)cc6C6(C)CCCCC56C)cc(c41)N3C1(C)CCCCC21C. The Morgan fingerprint density at radius 1 is 0.400 bits per heavy atom. The molecule has 2 aliphatic carbocycles. The summed E-state index contributed by atoms with van der Waals surface area (Å²) in [5, 5.41) is 0. The van der Waals surface area contributed by atoms with E-state index in [1.54, 1.807) is 5.56 Å². The number of nitrogens with zero attached hydrogens (tertiary/aromatic N) is 3. The highest BCUT2D eigenvalue weighted by Crippen LogP contribution is 2.65. The second-order valence-electron chi connectivity index (χ2n) is 22.8. The molecule has 344 valence electrons. The Bertz CT molecular complexity index is 3460. The van der Waals surface area contributed by atoms with Gasteiger partial charge >= 0.3 is 0 Å². The van der Waals surface area contributed by atoms with Gasteiger partial charge in [0.1, 0.15) is 0 Å². The fraction of sp³-hybridized carbons (Fsp3) is 0.273. The predicted molar refractivity (Wildman–Crippen MR) is 297 cm³/mol. The van der Waals surface area contributed by atoms with Crippen molar-refractivity contribution in [3.8, 4) is 33.4 Å². The van der Waals surface area contributed by atoms with Crippen LogP contribution in [0.4, 0.5) is 39.8 Å². The molecular formula is C66H62BN3. The van der Waals surface area contributed by atoms with Crippen LogP contribution in [0.3, 0.4) is 0 Å². The topological polar surface area (TPSA) is 9.72 Å². The summed E-state index contributed by atoms with van der Waals surface area (Å²) < 4.78 is 0. The second kappa shape index (κ2) is 14.9. The fourth-order valence-corrected chi connectivity index (χ4v) is 15.6. The van der Waals surface area contributed by atoms with Crippen molar-refractivity contribution in [2.75, 3.05) is 14.7 Å². The van der Waals surface area contributed by atoms with E-state index < -0.39 is 0 Å². The van der Waals surface area contributed by atoms with Crippen molar-refractivity contribution in [1.82, 2.24) is 0 Å². The smallest absolute Gasteiger partial charge is 0.252 e. The highest BCUT2D eigenvalue weighted by Gasteiger charge is 2.63. The van der Waals surface area contributed by atoms with Crippen LogP contribution >= 0.6 is 0 Å². The maximum atomic E-state index is 2.95. The summed E-state index contributed by atoms with van der Waals surface area (Å²) in [5.41, 5.74) is 26.9. The van der Waals surface area contributed by atoms with Gasteiger partial charge in [-0.25, -0.2) is 0 Å². The van der Waals surface area contributed by atoms with Crippen LogP contribution in [-0.2, 0) is 10.8 Å². The van der Waals surface area contributed by atoms with Gasteiger partial charge in [0.25, 0.3) is 6.71 Å². The number of rotatable bonds is 5. The summed E-state index contributed by atoms with van der Waals surface area (Å²) in [6.07, 6.45) is 9.70. The number of benzene rings is 8. The molecule has 0 aromatic heterocycles. The van der Waals surface area contributed by atoms with E-state index in [0.29, 0.717) is 0 Å². The lowest BCUT2D eigenvalue weighted by atomic mass is 9.32. The summed E-state index contributed by atoms with van der Waals surface area (Å²) in [6.45, 7) is 15.4. The Balaban J connectivity index is 1.10. The number of hydrogen-bond donors (Lipinski definition) is 0. The zero-order valence-corrected chi connectivity index (χ0v) is 41.7. The third-order valence-corrected chi connectivity index (χ3v) is 19.3. The lowest BCUT2D eigenvalue weighted by Gasteiger charge is -2.54. The van der Waals surface area contributed by atoms with Crippen molar-refractivity contribution in [3.05, 3.63) is 192 Å². The van der Waals surface area contributed by atoms with E-state index >= 15 is 0 Å². The van der Waals surface area contributed by atoms with Gasteiger partial charge in [0, 0.05) is 50.6 Å². The van der Waals surface area contributed by atoms with Gasteiger partial charge in [0.2, 0.25) is 0 Å². The Labute approximate surface area is 415 Å². The van der Waals surface area contributed by atoms with Crippen molar-refractivity contribution in [3.63, 3.8) is 0 Å². The third-order valence-electron chi connectivity index (χ3n) is 19.3. The lowest BCUT2D eigenvalue weighted by molar-refractivity contribution is 0.193. The molecule has 0 bridgehead atoms. The van der Waals surface area contributed by atoms with Crippen molar-refractivity contribution in [2.24, 2.45) is 0 Å². The average Bonchev–Trinajstić information content (AvgIpc) is 3.74. The number of hydrogen-bond acceptors (Lipinski definition) is 3. The minimum absolute atomic E-state index is 0.00913. The van der Waals surface area contributed by atoms with Crippen LogP contribution < -0.4 is 31.1 Å². The normalized spacial score (nSPS) is 24.4. The van der Waals surface area contributed by atoms with Crippen LogP contribution in [-0.4, -0.2) is 17.8 Å². The maximum absolute atomic E-state index is 2.95. The van der Waals surface area contributed by atoms with Gasteiger partial charge in [-0.3, -0.25) is 0 Å². The Morgan fingerprint density at radius 3 is 1.63 bits per heavy atom. The Kier molecular flexibility index (Phi) is 8.95. The molecule has 0 radical (unpaired) electrons. The summed E-state index contributed by atoms with van der Waals surface area (Å²) in [4.78, 5) is 8.49. The number of aryl methyl sites for hydroxylation is 2. The summed E-state index contributed by atoms with van der Waals surface area (Å²) >= 11 is 0. The molecule has 2 fully saturated rings. The molecular weight excluding hydrogens is 846 g/mol. The third kappa shape index (κ3) is 5.48. The minimum atomic E-state index is -0.131. The summed E-state index contributed by atoms with van der Waals surface area (Å²) in [7, 11) is 0. The molecule has 4 aliphatic heterocycles. The van der Waals surface area contributed by atoms with Crippen LogP contribution in [0.25, 0.3) is 33.4 Å². The van der Waals surface area contributed by atoms with Gasteiger partial charge in [0.05, 0.1) is 11.1 Å². The Hall–Kier alpha value is -6.78. The highest BCUT2D eigenvalue weighted by molar-refractivity contribution is 7.00. The van der Waals surface area contributed by atoms with E-state index in [2.05, 4.69) is 226 Å². The van der Waals surface area contributed by atoms with Crippen LogP contribution in [0, 0.1) is 13.8 Å². The van der Waals surface area contributed by atoms with E-state index in [-0.39, 0.29) is 28.6 Å². The number of fused-ring (bicyclic) bond motifs is 10. The summed E-state index contributed by atoms with van der Waals surface area (Å²) in [5.74, 6) is 0. The first kappa shape index (κ1) is 42.1. The highest BCUT2D eigenvalue weighted by atomic mass is 15.3.